The van der Waals surface area contributed by atoms with Crippen molar-refractivity contribution in [1.82, 2.24) is 10.6 Å². The summed E-state index contributed by atoms with van der Waals surface area (Å²) in [4.78, 5) is 12.1. The topological polar surface area (TPSA) is 41.1 Å². The SMILES string of the molecule is Cc1ccc(C(=O)NC2C3CNCC32)c(C)c1.Cl. The predicted molar refractivity (Wildman–Crippen MR) is 74.3 cm³/mol. The van der Waals surface area contributed by atoms with Gasteiger partial charge in [0.15, 0.2) is 0 Å². The first-order valence-corrected chi connectivity index (χ1v) is 6.25. The lowest BCUT2D eigenvalue weighted by atomic mass is 10.1. The highest BCUT2D eigenvalue weighted by atomic mass is 35.5. The molecule has 1 aliphatic carbocycles. The molecule has 2 fully saturated rings. The van der Waals surface area contributed by atoms with Crippen LogP contribution in [0.1, 0.15) is 21.5 Å². The van der Waals surface area contributed by atoms with Crippen LogP contribution in [0.25, 0.3) is 0 Å². The summed E-state index contributed by atoms with van der Waals surface area (Å²) in [6.07, 6.45) is 0. The van der Waals surface area contributed by atoms with Crippen LogP contribution in [0.4, 0.5) is 0 Å². The van der Waals surface area contributed by atoms with E-state index in [0.717, 1.165) is 24.2 Å². The molecule has 0 radical (unpaired) electrons. The molecule has 3 nitrogen and oxygen atoms in total. The minimum absolute atomic E-state index is 0. The summed E-state index contributed by atoms with van der Waals surface area (Å²) < 4.78 is 0. The molecule has 2 aliphatic rings. The number of benzene rings is 1. The zero-order chi connectivity index (χ0) is 12.0. The number of halogens is 1. The number of hydrogen-bond donors (Lipinski definition) is 2. The Kier molecular flexibility index (Phi) is 3.64. The van der Waals surface area contributed by atoms with Gasteiger partial charge in [0.2, 0.25) is 0 Å². The fourth-order valence-electron chi connectivity index (χ4n) is 2.93. The van der Waals surface area contributed by atoms with Crippen molar-refractivity contribution in [2.45, 2.75) is 19.9 Å². The van der Waals surface area contributed by atoms with Crippen LogP contribution in [0, 0.1) is 25.7 Å². The van der Waals surface area contributed by atoms with Crippen molar-refractivity contribution in [3.05, 3.63) is 34.9 Å². The Balaban J connectivity index is 0.00000120. The molecule has 2 N–H and O–H groups in total. The average Bonchev–Trinajstić information content (AvgIpc) is 2.74. The molecule has 4 heteroatoms. The van der Waals surface area contributed by atoms with Crippen molar-refractivity contribution >= 4 is 18.3 Å². The fraction of sp³-hybridized carbons (Fsp3) is 0.500. The third kappa shape index (κ3) is 2.25. The fourth-order valence-corrected chi connectivity index (χ4v) is 2.93. The maximum Gasteiger partial charge on any atom is 0.251 e. The number of amides is 1. The monoisotopic (exact) mass is 266 g/mol. The molecular weight excluding hydrogens is 248 g/mol. The van der Waals surface area contributed by atoms with E-state index in [1.54, 1.807) is 0 Å². The average molecular weight is 267 g/mol. The number of piperidine rings is 1. The molecule has 1 aliphatic heterocycles. The van der Waals surface area contributed by atoms with Gasteiger partial charge in [-0.2, -0.15) is 0 Å². The molecule has 2 atom stereocenters. The third-order valence-electron chi connectivity index (χ3n) is 4.02. The van der Waals surface area contributed by atoms with Crippen LogP contribution in [-0.4, -0.2) is 25.0 Å². The van der Waals surface area contributed by atoms with Crippen molar-refractivity contribution in [2.75, 3.05) is 13.1 Å². The highest BCUT2D eigenvalue weighted by molar-refractivity contribution is 5.96. The summed E-state index contributed by atoms with van der Waals surface area (Å²) in [6.45, 7) is 6.16. The zero-order valence-electron chi connectivity index (χ0n) is 10.7. The van der Waals surface area contributed by atoms with Gasteiger partial charge in [-0.1, -0.05) is 17.7 Å². The first kappa shape index (κ1) is 13.4. The molecule has 18 heavy (non-hydrogen) atoms. The van der Waals surface area contributed by atoms with E-state index in [-0.39, 0.29) is 18.3 Å². The van der Waals surface area contributed by atoms with Crippen LogP contribution in [0.5, 0.6) is 0 Å². The minimum atomic E-state index is 0. The summed E-state index contributed by atoms with van der Waals surface area (Å²) in [5.74, 6) is 1.43. The molecule has 98 valence electrons. The van der Waals surface area contributed by atoms with Gasteiger partial charge in [-0.15, -0.1) is 12.4 Å². The predicted octanol–water partition coefficient (Wildman–Crippen LogP) is 1.67. The Bertz CT molecular complexity index is 465. The van der Waals surface area contributed by atoms with E-state index in [4.69, 9.17) is 0 Å². The van der Waals surface area contributed by atoms with Crippen molar-refractivity contribution in [3.8, 4) is 0 Å². The number of carbonyl (C=O) groups excluding carboxylic acids is 1. The minimum Gasteiger partial charge on any atom is -0.349 e. The number of aryl methyl sites for hydroxylation is 2. The molecule has 2 unspecified atom stereocenters. The van der Waals surface area contributed by atoms with Gasteiger partial charge in [-0.05, 0) is 37.3 Å². The Morgan fingerprint density at radius 2 is 1.94 bits per heavy atom. The van der Waals surface area contributed by atoms with Gasteiger partial charge in [0.1, 0.15) is 0 Å². The van der Waals surface area contributed by atoms with Gasteiger partial charge in [0.25, 0.3) is 5.91 Å². The van der Waals surface area contributed by atoms with Crippen molar-refractivity contribution in [2.24, 2.45) is 11.8 Å². The number of carbonyl (C=O) groups is 1. The Morgan fingerprint density at radius 1 is 1.28 bits per heavy atom. The van der Waals surface area contributed by atoms with Crippen molar-refractivity contribution < 1.29 is 4.79 Å². The van der Waals surface area contributed by atoms with Gasteiger partial charge >= 0.3 is 0 Å². The van der Waals surface area contributed by atoms with Gasteiger partial charge in [0, 0.05) is 24.7 Å². The van der Waals surface area contributed by atoms with E-state index in [2.05, 4.69) is 16.7 Å². The van der Waals surface area contributed by atoms with Gasteiger partial charge in [-0.25, -0.2) is 0 Å². The van der Waals surface area contributed by atoms with Crippen LogP contribution in [0.2, 0.25) is 0 Å². The molecule has 1 aromatic rings. The summed E-state index contributed by atoms with van der Waals surface area (Å²) in [5, 5.41) is 6.49. The molecule has 0 spiro atoms. The maximum absolute atomic E-state index is 12.1. The quantitative estimate of drug-likeness (QED) is 0.855. The summed E-state index contributed by atoms with van der Waals surface area (Å²) in [7, 11) is 0. The summed E-state index contributed by atoms with van der Waals surface area (Å²) >= 11 is 0. The molecule has 1 saturated carbocycles. The standard InChI is InChI=1S/C14H18N2O.ClH/c1-8-3-4-10(9(2)5-8)14(17)16-13-11-6-15-7-12(11)13;/h3-5,11-13,15H,6-7H2,1-2H3,(H,16,17);1H. The van der Waals surface area contributed by atoms with E-state index in [0.29, 0.717) is 17.9 Å². The normalized spacial score (nSPS) is 28.2. The zero-order valence-corrected chi connectivity index (χ0v) is 11.5. The number of hydrogen-bond acceptors (Lipinski definition) is 2. The highest BCUT2D eigenvalue weighted by Gasteiger charge is 2.53. The summed E-state index contributed by atoms with van der Waals surface area (Å²) in [5.41, 5.74) is 3.08. The van der Waals surface area contributed by atoms with Crippen molar-refractivity contribution in [3.63, 3.8) is 0 Å². The second-order valence-corrected chi connectivity index (χ2v) is 5.30. The molecule has 1 heterocycles. The molecular formula is C14H19ClN2O. The number of rotatable bonds is 2. The van der Waals surface area contributed by atoms with Gasteiger partial charge in [0.05, 0.1) is 0 Å². The van der Waals surface area contributed by atoms with Crippen LogP contribution >= 0.6 is 12.4 Å². The second kappa shape index (κ2) is 4.90. The van der Waals surface area contributed by atoms with Crippen LogP contribution in [-0.2, 0) is 0 Å². The first-order valence-electron chi connectivity index (χ1n) is 6.25. The van der Waals surface area contributed by atoms with E-state index >= 15 is 0 Å². The molecule has 1 saturated heterocycles. The Hall–Kier alpha value is -1.06. The molecule has 0 bridgehead atoms. The van der Waals surface area contributed by atoms with E-state index < -0.39 is 0 Å². The largest absolute Gasteiger partial charge is 0.349 e. The van der Waals surface area contributed by atoms with Crippen LogP contribution < -0.4 is 10.6 Å². The molecule has 0 aromatic heterocycles. The van der Waals surface area contributed by atoms with Gasteiger partial charge in [-0.3, -0.25) is 4.79 Å². The highest BCUT2D eigenvalue weighted by Crippen LogP contribution is 2.41. The lowest BCUT2D eigenvalue weighted by Gasteiger charge is -2.10. The Labute approximate surface area is 114 Å². The second-order valence-electron chi connectivity index (χ2n) is 5.30. The first-order chi connectivity index (χ1) is 8.16. The van der Waals surface area contributed by atoms with Crippen LogP contribution in [0.15, 0.2) is 18.2 Å². The number of fused-ring (bicyclic) bond motifs is 1. The van der Waals surface area contributed by atoms with E-state index in [1.807, 2.05) is 26.0 Å². The lowest BCUT2D eigenvalue weighted by Crippen LogP contribution is -2.32. The molecule has 1 amide bonds. The van der Waals surface area contributed by atoms with E-state index in [1.165, 1.54) is 5.56 Å². The molecule has 3 rings (SSSR count). The number of nitrogens with one attached hydrogen (secondary N) is 2. The van der Waals surface area contributed by atoms with E-state index in [9.17, 15) is 4.79 Å². The van der Waals surface area contributed by atoms with Gasteiger partial charge < -0.3 is 10.6 Å². The lowest BCUT2D eigenvalue weighted by molar-refractivity contribution is 0.0946. The third-order valence-corrected chi connectivity index (χ3v) is 4.02. The maximum atomic E-state index is 12.1. The summed E-state index contributed by atoms with van der Waals surface area (Å²) in [6, 6.07) is 6.39. The molecule has 1 aromatic carbocycles. The smallest absolute Gasteiger partial charge is 0.251 e. The Morgan fingerprint density at radius 3 is 2.56 bits per heavy atom. The van der Waals surface area contributed by atoms with Crippen LogP contribution in [0.3, 0.4) is 0 Å². The van der Waals surface area contributed by atoms with Crippen molar-refractivity contribution in [1.29, 1.82) is 0 Å².